The van der Waals surface area contributed by atoms with Crippen LogP contribution in [0.2, 0.25) is 15.1 Å². The SMILES string of the molecule is CCCCCCCCCCCC(CCS(=O)(=O)O)Oc1cc(Cl)c(Cl)cc1Cl. The van der Waals surface area contributed by atoms with E-state index in [2.05, 4.69) is 6.92 Å². The van der Waals surface area contributed by atoms with Crippen molar-refractivity contribution in [2.24, 2.45) is 0 Å². The van der Waals surface area contributed by atoms with Gasteiger partial charge in [-0.15, -0.1) is 0 Å². The molecule has 4 nitrogen and oxygen atoms in total. The second-order valence-electron chi connectivity index (χ2n) is 7.13. The molecule has 0 spiro atoms. The lowest BCUT2D eigenvalue weighted by Crippen LogP contribution is -2.21. The summed E-state index contributed by atoms with van der Waals surface area (Å²) in [6.45, 7) is 2.21. The first-order chi connectivity index (χ1) is 13.2. The maximum Gasteiger partial charge on any atom is 0.264 e. The van der Waals surface area contributed by atoms with Gasteiger partial charge in [-0.1, -0.05) is 93.1 Å². The first-order valence-electron chi connectivity index (χ1n) is 9.99. The third-order valence-electron chi connectivity index (χ3n) is 4.60. The highest BCUT2D eigenvalue weighted by molar-refractivity contribution is 7.85. The number of benzene rings is 1. The van der Waals surface area contributed by atoms with Crippen LogP contribution in [-0.4, -0.2) is 24.8 Å². The van der Waals surface area contributed by atoms with E-state index < -0.39 is 10.1 Å². The van der Waals surface area contributed by atoms with Gasteiger partial charge < -0.3 is 4.74 Å². The molecule has 0 radical (unpaired) electrons. The van der Waals surface area contributed by atoms with Gasteiger partial charge in [-0.25, -0.2) is 0 Å². The minimum Gasteiger partial charge on any atom is -0.489 e. The molecule has 0 saturated heterocycles. The highest BCUT2D eigenvalue weighted by Gasteiger charge is 2.17. The molecule has 0 bridgehead atoms. The number of hydrogen-bond donors (Lipinski definition) is 1. The van der Waals surface area contributed by atoms with Crippen molar-refractivity contribution >= 4 is 44.9 Å². The summed E-state index contributed by atoms with van der Waals surface area (Å²) in [5.74, 6) is 0.0148. The predicted molar refractivity (Wildman–Crippen MR) is 119 cm³/mol. The van der Waals surface area contributed by atoms with E-state index in [9.17, 15) is 8.42 Å². The summed E-state index contributed by atoms with van der Waals surface area (Å²) in [6, 6.07) is 3.03. The Kier molecular flexibility index (Phi) is 12.8. The molecule has 0 aromatic heterocycles. The molecule has 1 N–H and O–H groups in total. The molecule has 0 amide bonds. The summed E-state index contributed by atoms with van der Waals surface area (Å²) in [7, 11) is -4.05. The van der Waals surface area contributed by atoms with E-state index in [1.54, 1.807) is 0 Å². The van der Waals surface area contributed by atoms with E-state index in [0.717, 1.165) is 19.3 Å². The number of hydrogen-bond acceptors (Lipinski definition) is 3. The minimum atomic E-state index is -4.05. The summed E-state index contributed by atoms with van der Waals surface area (Å²) in [4.78, 5) is 0. The number of halogens is 3. The van der Waals surface area contributed by atoms with Crippen LogP contribution < -0.4 is 4.74 Å². The lowest BCUT2D eigenvalue weighted by Gasteiger charge is -2.20. The zero-order valence-electron chi connectivity index (χ0n) is 16.4. The van der Waals surface area contributed by atoms with Gasteiger partial charge in [-0.2, -0.15) is 8.42 Å². The minimum absolute atomic E-state index is 0.187. The molecular formula is C20H31Cl3O4S. The number of rotatable bonds is 15. The molecule has 1 atom stereocenters. The fourth-order valence-electron chi connectivity index (χ4n) is 3.00. The lowest BCUT2D eigenvalue weighted by molar-refractivity contribution is 0.182. The number of unbranched alkanes of at least 4 members (excludes halogenated alkanes) is 8. The average molecular weight is 474 g/mol. The van der Waals surface area contributed by atoms with E-state index in [0.29, 0.717) is 27.2 Å². The van der Waals surface area contributed by atoms with Gasteiger partial charge in [0, 0.05) is 12.5 Å². The molecule has 8 heteroatoms. The smallest absolute Gasteiger partial charge is 0.264 e. The van der Waals surface area contributed by atoms with E-state index in [1.807, 2.05) is 0 Å². The van der Waals surface area contributed by atoms with Crippen molar-refractivity contribution in [2.45, 2.75) is 83.7 Å². The third-order valence-corrected chi connectivity index (χ3v) is 6.37. The standard InChI is InChI=1S/C20H31Cl3O4S/c1-2-3-4-5-6-7-8-9-10-11-16(12-13-28(24,25)26)27-20-15-18(22)17(21)14-19(20)23/h14-16H,2-13H2,1H3,(H,24,25,26). The van der Waals surface area contributed by atoms with Gasteiger partial charge in [0.15, 0.2) is 0 Å². The first-order valence-corrected chi connectivity index (χ1v) is 12.7. The average Bonchev–Trinajstić information content (AvgIpc) is 2.61. The van der Waals surface area contributed by atoms with Crippen LogP contribution in [0.25, 0.3) is 0 Å². The molecule has 0 aliphatic heterocycles. The lowest BCUT2D eigenvalue weighted by atomic mass is 10.0. The van der Waals surface area contributed by atoms with Gasteiger partial charge >= 0.3 is 0 Å². The van der Waals surface area contributed by atoms with Crippen molar-refractivity contribution in [1.82, 2.24) is 0 Å². The molecule has 1 unspecified atom stereocenters. The van der Waals surface area contributed by atoms with Crippen molar-refractivity contribution in [3.63, 3.8) is 0 Å². The van der Waals surface area contributed by atoms with Crippen LogP contribution in [0.5, 0.6) is 5.75 Å². The van der Waals surface area contributed by atoms with Crippen LogP contribution in [0, 0.1) is 0 Å². The van der Waals surface area contributed by atoms with Gasteiger partial charge in [0.2, 0.25) is 0 Å². The Labute approximate surface area is 184 Å². The molecule has 0 heterocycles. The van der Waals surface area contributed by atoms with Crippen molar-refractivity contribution < 1.29 is 17.7 Å². The Balaban J connectivity index is 2.48. The van der Waals surface area contributed by atoms with E-state index in [-0.39, 0.29) is 18.3 Å². The van der Waals surface area contributed by atoms with Crippen LogP contribution in [0.15, 0.2) is 12.1 Å². The maximum absolute atomic E-state index is 11.1. The Hall–Kier alpha value is -0.200. The molecule has 0 aliphatic carbocycles. The Morgan fingerprint density at radius 1 is 0.857 bits per heavy atom. The quantitative estimate of drug-likeness (QED) is 0.162. The molecule has 1 aromatic carbocycles. The van der Waals surface area contributed by atoms with Crippen molar-refractivity contribution in [1.29, 1.82) is 0 Å². The molecule has 28 heavy (non-hydrogen) atoms. The van der Waals surface area contributed by atoms with Crippen LogP contribution in [-0.2, 0) is 10.1 Å². The second kappa shape index (κ2) is 13.9. The molecule has 162 valence electrons. The molecule has 0 saturated carbocycles. The van der Waals surface area contributed by atoms with Crippen molar-refractivity contribution in [3.05, 3.63) is 27.2 Å². The Bertz CT molecular complexity index is 680. The van der Waals surface area contributed by atoms with Gasteiger partial charge in [-0.3, -0.25) is 4.55 Å². The second-order valence-corrected chi connectivity index (χ2v) is 9.92. The summed E-state index contributed by atoms with van der Waals surface area (Å²) in [6.07, 6.45) is 11.3. The topological polar surface area (TPSA) is 63.6 Å². The molecule has 0 fully saturated rings. The molecule has 1 rings (SSSR count). The van der Waals surface area contributed by atoms with E-state index in [1.165, 1.54) is 50.7 Å². The zero-order valence-corrected chi connectivity index (χ0v) is 19.5. The predicted octanol–water partition coefficient (Wildman–Crippen LogP) is 7.59. The maximum atomic E-state index is 11.1. The largest absolute Gasteiger partial charge is 0.489 e. The fourth-order valence-corrected chi connectivity index (χ4v) is 4.14. The van der Waals surface area contributed by atoms with Crippen LogP contribution in [0.1, 0.15) is 77.6 Å². The number of ether oxygens (including phenoxy) is 1. The molecule has 1 aromatic rings. The van der Waals surface area contributed by atoms with Crippen molar-refractivity contribution in [2.75, 3.05) is 5.75 Å². The normalized spacial score (nSPS) is 12.9. The van der Waals surface area contributed by atoms with Gasteiger partial charge in [0.25, 0.3) is 10.1 Å². The highest BCUT2D eigenvalue weighted by atomic mass is 35.5. The summed E-state index contributed by atoms with van der Waals surface area (Å²) in [5.41, 5.74) is 0. The summed E-state index contributed by atoms with van der Waals surface area (Å²) < 4.78 is 37.2. The monoisotopic (exact) mass is 472 g/mol. The fraction of sp³-hybridized carbons (Fsp3) is 0.700. The van der Waals surface area contributed by atoms with Crippen LogP contribution in [0.3, 0.4) is 0 Å². The van der Waals surface area contributed by atoms with E-state index >= 15 is 0 Å². The van der Waals surface area contributed by atoms with Crippen LogP contribution >= 0.6 is 34.8 Å². The van der Waals surface area contributed by atoms with Gasteiger partial charge in [0.1, 0.15) is 5.75 Å². The van der Waals surface area contributed by atoms with Crippen molar-refractivity contribution in [3.8, 4) is 5.75 Å². The molecule has 0 aliphatic rings. The zero-order chi connectivity index (χ0) is 21.0. The Morgan fingerprint density at radius 3 is 1.96 bits per heavy atom. The van der Waals surface area contributed by atoms with Crippen LogP contribution in [0.4, 0.5) is 0 Å². The third kappa shape index (κ3) is 11.7. The van der Waals surface area contributed by atoms with E-state index in [4.69, 9.17) is 44.1 Å². The summed E-state index contributed by atoms with van der Waals surface area (Å²) >= 11 is 18.1. The first kappa shape index (κ1) is 25.8. The van der Waals surface area contributed by atoms with Gasteiger partial charge in [0.05, 0.1) is 26.9 Å². The summed E-state index contributed by atoms with van der Waals surface area (Å²) in [5, 5.41) is 0.962. The molecular weight excluding hydrogens is 443 g/mol. The van der Waals surface area contributed by atoms with Gasteiger partial charge in [-0.05, 0) is 18.9 Å². The Morgan fingerprint density at radius 2 is 1.39 bits per heavy atom. The highest BCUT2D eigenvalue weighted by Crippen LogP contribution is 2.35.